The standard InChI is InChI=1S/C14H16BrFN2/c1-2-17-9-14-4-3-5-18(14)10-11-6-12(15)8-13(16)7-11/h3-8,17H,2,9-10H2,1H3. The van der Waals surface area contributed by atoms with Crippen molar-refractivity contribution in [2.75, 3.05) is 6.54 Å². The molecule has 1 N–H and O–H groups in total. The third kappa shape index (κ3) is 3.43. The molecule has 0 aliphatic rings. The van der Waals surface area contributed by atoms with Crippen molar-refractivity contribution in [2.24, 2.45) is 0 Å². The normalized spacial score (nSPS) is 10.8. The van der Waals surface area contributed by atoms with Gasteiger partial charge in [0.25, 0.3) is 0 Å². The van der Waals surface area contributed by atoms with Crippen LogP contribution in [0.3, 0.4) is 0 Å². The van der Waals surface area contributed by atoms with Crippen molar-refractivity contribution in [3.05, 3.63) is 58.1 Å². The van der Waals surface area contributed by atoms with Crippen LogP contribution in [0.2, 0.25) is 0 Å². The lowest BCUT2D eigenvalue weighted by Gasteiger charge is -2.10. The van der Waals surface area contributed by atoms with Crippen LogP contribution >= 0.6 is 15.9 Å². The molecule has 0 radical (unpaired) electrons. The van der Waals surface area contributed by atoms with Crippen LogP contribution in [0.15, 0.2) is 41.0 Å². The first-order valence-electron chi connectivity index (χ1n) is 5.98. The highest BCUT2D eigenvalue weighted by molar-refractivity contribution is 9.10. The minimum absolute atomic E-state index is 0.209. The van der Waals surface area contributed by atoms with Crippen LogP contribution in [0.25, 0.3) is 0 Å². The van der Waals surface area contributed by atoms with Crippen molar-refractivity contribution in [1.29, 1.82) is 0 Å². The number of aromatic nitrogens is 1. The number of nitrogens with zero attached hydrogens (tertiary/aromatic N) is 1. The minimum atomic E-state index is -0.209. The summed E-state index contributed by atoms with van der Waals surface area (Å²) in [6, 6.07) is 9.08. The fourth-order valence-electron chi connectivity index (χ4n) is 1.92. The van der Waals surface area contributed by atoms with Crippen LogP contribution in [0.4, 0.5) is 4.39 Å². The lowest BCUT2D eigenvalue weighted by Crippen LogP contribution is -2.15. The predicted octanol–water partition coefficient (Wildman–Crippen LogP) is 3.55. The summed E-state index contributed by atoms with van der Waals surface area (Å²) in [5, 5.41) is 3.30. The van der Waals surface area contributed by atoms with Crippen molar-refractivity contribution in [3.8, 4) is 0 Å². The largest absolute Gasteiger partial charge is 0.346 e. The summed E-state index contributed by atoms with van der Waals surface area (Å²) in [5.74, 6) is -0.209. The average Bonchev–Trinajstić information content (AvgIpc) is 2.72. The van der Waals surface area contributed by atoms with Crippen LogP contribution in [0, 0.1) is 5.82 Å². The molecule has 0 saturated heterocycles. The van der Waals surface area contributed by atoms with Crippen LogP contribution in [-0.4, -0.2) is 11.1 Å². The first kappa shape index (κ1) is 13.3. The second kappa shape index (κ2) is 6.16. The Morgan fingerprint density at radius 1 is 1.33 bits per heavy atom. The summed E-state index contributed by atoms with van der Waals surface area (Å²) in [7, 11) is 0. The van der Waals surface area contributed by atoms with Gasteiger partial charge < -0.3 is 9.88 Å². The third-order valence-corrected chi connectivity index (χ3v) is 3.21. The molecule has 2 nitrogen and oxygen atoms in total. The molecule has 96 valence electrons. The smallest absolute Gasteiger partial charge is 0.124 e. The lowest BCUT2D eigenvalue weighted by molar-refractivity contribution is 0.619. The van der Waals surface area contributed by atoms with Gasteiger partial charge in [0.1, 0.15) is 5.82 Å². The van der Waals surface area contributed by atoms with E-state index in [-0.39, 0.29) is 5.82 Å². The molecular formula is C14H16BrFN2. The van der Waals surface area contributed by atoms with Crippen molar-refractivity contribution in [2.45, 2.75) is 20.0 Å². The van der Waals surface area contributed by atoms with Gasteiger partial charge in [-0.1, -0.05) is 22.9 Å². The molecule has 0 aliphatic carbocycles. The second-order valence-corrected chi connectivity index (χ2v) is 5.10. The first-order chi connectivity index (χ1) is 8.69. The number of benzene rings is 1. The van der Waals surface area contributed by atoms with E-state index in [0.29, 0.717) is 6.54 Å². The Morgan fingerprint density at radius 3 is 2.89 bits per heavy atom. The van der Waals surface area contributed by atoms with E-state index in [0.717, 1.165) is 23.1 Å². The second-order valence-electron chi connectivity index (χ2n) is 4.19. The molecular weight excluding hydrogens is 295 g/mol. The molecule has 2 rings (SSSR count). The number of rotatable bonds is 5. The Balaban J connectivity index is 2.15. The Bertz CT molecular complexity index is 502. The predicted molar refractivity (Wildman–Crippen MR) is 75.0 cm³/mol. The van der Waals surface area contributed by atoms with E-state index in [9.17, 15) is 4.39 Å². The molecule has 1 aromatic carbocycles. The zero-order valence-electron chi connectivity index (χ0n) is 10.3. The molecule has 0 aliphatic heterocycles. The molecule has 0 amide bonds. The molecule has 0 bridgehead atoms. The SMILES string of the molecule is CCNCc1cccn1Cc1cc(F)cc(Br)c1. The Morgan fingerprint density at radius 2 is 2.17 bits per heavy atom. The van der Waals surface area contributed by atoms with E-state index in [1.54, 1.807) is 6.07 Å². The highest BCUT2D eigenvalue weighted by Gasteiger charge is 2.03. The van der Waals surface area contributed by atoms with Gasteiger partial charge in [-0.3, -0.25) is 0 Å². The molecule has 2 aromatic rings. The highest BCUT2D eigenvalue weighted by Crippen LogP contribution is 2.16. The highest BCUT2D eigenvalue weighted by atomic mass is 79.9. The van der Waals surface area contributed by atoms with Gasteiger partial charge in [-0.15, -0.1) is 0 Å². The molecule has 0 fully saturated rings. The maximum atomic E-state index is 13.3. The van der Waals surface area contributed by atoms with Crippen LogP contribution < -0.4 is 5.32 Å². The molecule has 0 saturated carbocycles. The van der Waals surface area contributed by atoms with E-state index in [2.05, 4.69) is 38.8 Å². The molecule has 4 heteroatoms. The van der Waals surface area contributed by atoms with Crippen LogP contribution in [0.1, 0.15) is 18.2 Å². The number of nitrogens with one attached hydrogen (secondary N) is 1. The zero-order chi connectivity index (χ0) is 13.0. The molecule has 0 atom stereocenters. The minimum Gasteiger partial charge on any atom is -0.346 e. The van der Waals surface area contributed by atoms with E-state index in [1.807, 2.05) is 18.3 Å². The fourth-order valence-corrected chi connectivity index (χ4v) is 2.43. The van der Waals surface area contributed by atoms with Crippen molar-refractivity contribution in [3.63, 3.8) is 0 Å². The summed E-state index contributed by atoms with van der Waals surface area (Å²) in [4.78, 5) is 0. The van der Waals surface area contributed by atoms with Crippen molar-refractivity contribution >= 4 is 15.9 Å². The van der Waals surface area contributed by atoms with Gasteiger partial charge >= 0.3 is 0 Å². The maximum Gasteiger partial charge on any atom is 0.124 e. The number of halogens is 2. The van der Waals surface area contributed by atoms with Crippen molar-refractivity contribution < 1.29 is 4.39 Å². The molecule has 18 heavy (non-hydrogen) atoms. The van der Waals surface area contributed by atoms with Crippen LogP contribution in [-0.2, 0) is 13.1 Å². The monoisotopic (exact) mass is 310 g/mol. The average molecular weight is 311 g/mol. The Labute approximate surface area is 115 Å². The molecule has 1 heterocycles. The molecule has 0 spiro atoms. The maximum absolute atomic E-state index is 13.3. The van der Waals surface area contributed by atoms with Gasteiger partial charge in [-0.25, -0.2) is 4.39 Å². The van der Waals surface area contributed by atoms with Gasteiger partial charge in [0.05, 0.1) is 0 Å². The van der Waals surface area contributed by atoms with Gasteiger partial charge in [0.15, 0.2) is 0 Å². The summed E-state index contributed by atoms with van der Waals surface area (Å²) in [6.45, 7) is 4.54. The van der Waals surface area contributed by atoms with E-state index in [1.165, 1.54) is 11.8 Å². The summed E-state index contributed by atoms with van der Waals surface area (Å²) in [5.41, 5.74) is 2.16. The van der Waals surface area contributed by atoms with E-state index >= 15 is 0 Å². The summed E-state index contributed by atoms with van der Waals surface area (Å²) >= 11 is 3.32. The Hall–Kier alpha value is -1.13. The molecule has 1 aromatic heterocycles. The van der Waals surface area contributed by atoms with Gasteiger partial charge in [-0.2, -0.15) is 0 Å². The third-order valence-electron chi connectivity index (χ3n) is 2.75. The first-order valence-corrected chi connectivity index (χ1v) is 6.78. The summed E-state index contributed by atoms with van der Waals surface area (Å²) in [6.07, 6.45) is 2.02. The lowest BCUT2D eigenvalue weighted by atomic mass is 10.2. The fraction of sp³-hybridized carbons (Fsp3) is 0.286. The van der Waals surface area contributed by atoms with Gasteiger partial charge in [-0.05, 0) is 42.4 Å². The van der Waals surface area contributed by atoms with Crippen molar-refractivity contribution in [1.82, 2.24) is 9.88 Å². The number of hydrogen-bond donors (Lipinski definition) is 1. The van der Waals surface area contributed by atoms with E-state index in [4.69, 9.17) is 0 Å². The quantitative estimate of drug-likeness (QED) is 0.893. The number of hydrogen-bond acceptors (Lipinski definition) is 1. The Kier molecular flexibility index (Phi) is 4.55. The topological polar surface area (TPSA) is 17.0 Å². The summed E-state index contributed by atoms with van der Waals surface area (Å²) < 4.78 is 16.2. The van der Waals surface area contributed by atoms with Gasteiger partial charge in [0.2, 0.25) is 0 Å². The van der Waals surface area contributed by atoms with E-state index < -0.39 is 0 Å². The van der Waals surface area contributed by atoms with Crippen LogP contribution in [0.5, 0.6) is 0 Å². The zero-order valence-corrected chi connectivity index (χ0v) is 11.9. The van der Waals surface area contributed by atoms with Gasteiger partial charge in [0, 0.05) is 29.5 Å². The molecule has 0 unspecified atom stereocenters.